The van der Waals surface area contributed by atoms with Gasteiger partial charge in [0.25, 0.3) is 0 Å². The Bertz CT molecular complexity index is 590. The van der Waals surface area contributed by atoms with Gasteiger partial charge in [0, 0.05) is 0 Å². The predicted molar refractivity (Wildman–Crippen MR) is 70.8 cm³/mol. The lowest BCUT2D eigenvalue weighted by molar-refractivity contribution is 0.0515. The number of para-hydroxylation sites is 2. The second-order valence-corrected chi connectivity index (χ2v) is 3.98. The zero-order chi connectivity index (χ0) is 13.8. The number of methoxy groups -OCH3 is 1. The number of nitrogens with zero attached hydrogens (tertiary/aromatic N) is 2. The van der Waals surface area contributed by atoms with Gasteiger partial charge in [-0.05, 0) is 32.0 Å². The minimum Gasteiger partial charge on any atom is -0.494 e. The first-order valence-electron chi connectivity index (χ1n) is 6.04. The van der Waals surface area contributed by atoms with Crippen LogP contribution in [-0.4, -0.2) is 29.5 Å². The van der Waals surface area contributed by atoms with Gasteiger partial charge in [0.2, 0.25) is 0 Å². The quantitative estimate of drug-likeness (QED) is 0.792. The molecule has 0 amide bonds. The number of aromatic nitrogens is 2. The van der Waals surface area contributed by atoms with Gasteiger partial charge in [-0.1, -0.05) is 12.1 Å². The van der Waals surface area contributed by atoms with E-state index >= 15 is 0 Å². The van der Waals surface area contributed by atoms with Crippen molar-refractivity contribution in [3.05, 3.63) is 41.7 Å². The molecule has 5 heteroatoms. The third-order valence-electron chi connectivity index (χ3n) is 2.63. The Balaban J connectivity index is 2.53. The molecule has 0 spiro atoms. The van der Waals surface area contributed by atoms with Crippen LogP contribution in [0.25, 0.3) is 5.69 Å². The van der Waals surface area contributed by atoms with Crippen LogP contribution in [0.1, 0.15) is 23.1 Å². The van der Waals surface area contributed by atoms with Crippen LogP contribution in [0.3, 0.4) is 0 Å². The van der Waals surface area contributed by atoms with E-state index in [-0.39, 0.29) is 0 Å². The van der Waals surface area contributed by atoms with Crippen LogP contribution in [0.2, 0.25) is 0 Å². The molecule has 0 bridgehead atoms. The van der Waals surface area contributed by atoms with Crippen molar-refractivity contribution in [3.63, 3.8) is 0 Å². The van der Waals surface area contributed by atoms with Gasteiger partial charge in [-0.3, -0.25) is 0 Å². The molecular formula is C14H16N2O3. The molecule has 2 aromatic rings. The van der Waals surface area contributed by atoms with E-state index in [1.165, 1.54) is 0 Å². The Morgan fingerprint density at radius 1 is 1.37 bits per heavy atom. The summed E-state index contributed by atoms with van der Waals surface area (Å²) in [6, 6.07) is 9.09. The zero-order valence-electron chi connectivity index (χ0n) is 11.2. The van der Waals surface area contributed by atoms with E-state index in [1.54, 1.807) is 24.8 Å². The van der Waals surface area contributed by atoms with Gasteiger partial charge in [-0.25, -0.2) is 9.48 Å². The second kappa shape index (κ2) is 5.56. The molecule has 0 saturated carbocycles. The topological polar surface area (TPSA) is 53.3 Å². The van der Waals surface area contributed by atoms with Crippen LogP contribution in [0.15, 0.2) is 30.3 Å². The molecule has 19 heavy (non-hydrogen) atoms. The molecular weight excluding hydrogens is 244 g/mol. The minimum absolute atomic E-state index is 0.328. The summed E-state index contributed by atoms with van der Waals surface area (Å²) in [5.41, 5.74) is 1.85. The van der Waals surface area contributed by atoms with Crippen molar-refractivity contribution in [2.24, 2.45) is 0 Å². The Labute approximate surface area is 111 Å². The summed E-state index contributed by atoms with van der Waals surface area (Å²) in [5.74, 6) is 0.255. The fourth-order valence-electron chi connectivity index (χ4n) is 1.84. The fourth-order valence-corrected chi connectivity index (χ4v) is 1.84. The predicted octanol–water partition coefficient (Wildman–Crippen LogP) is 2.37. The molecule has 0 aliphatic rings. The highest BCUT2D eigenvalue weighted by Crippen LogP contribution is 2.23. The van der Waals surface area contributed by atoms with E-state index < -0.39 is 5.97 Å². The van der Waals surface area contributed by atoms with Crippen LogP contribution in [0.4, 0.5) is 0 Å². The maximum absolute atomic E-state index is 11.9. The van der Waals surface area contributed by atoms with Crippen LogP contribution >= 0.6 is 0 Å². The van der Waals surface area contributed by atoms with E-state index in [1.807, 2.05) is 31.2 Å². The number of hydrogen-bond donors (Lipinski definition) is 0. The molecule has 1 aromatic carbocycles. The summed E-state index contributed by atoms with van der Waals surface area (Å²) in [5, 5.41) is 4.33. The van der Waals surface area contributed by atoms with Crippen LogP contribution < -0.4 is 4.74 Å². The van der Waals surface area contributed by atoms with Crippen LogP contribution in [-0.2, 0) is 4.74 Å². The standard InChI is InChI=1S/C14H16N2O3/c1-4-19-14(17)12-9-10(2)15-16(12)11-7-5-6-8-13(11)18-3/h5-9H,4H2,1-3H3. The van der Waals surface area contributed by atoms with Gasteiger partial charge in [0.1, 0.15) is 11.4 Å². The van der Waals surface area contributed by atoms with Crippen LogP contribution in [0.5, 0.6) is 5.75 Å². The molecule has 0 fully saturated rings. The molecule has 100 valence electrons. The third-order valence-corrected chi connectivity index (χ3v) is 2.63. The number of aryl methyl sites for hydroxylation is 1. The van der Waals surface area contributed by atoms with Crippen molar-refractivity contribution in [1.82, 2.24) is 9.78 Å². The van der Waals surface area contributed by atoms with E-state index in [9.17, 15) is 4.79 Å². The first kappa shape index (κ1) is 13.1. The third kappa shape index (κ3) is 2.59. The number of carbonyl (C=O) groups excluding carboxylic acids is 1. The van der Waals surface area contributed by atoms with Crippen LogP contribution in [0, 0.1) is 6.92 Å². The van der Waals surface area contributed by atoms with Gasteiger partial charge in [-0.15, -0.1) is 0 Å². The fraction of sp³-hybridized carbons (Fsp3) is 0.286. The summed E-state index contributed by atoms with van der Waals surface area (Å²) in [6.45, 7) is 3.93. The maximum Gasteiger partial charge on any atom is 0.357 e. The smallest absolute Gasteiger partial charge is 0.357 e. The van der Waals surface area contributed by atoms with Crippen molar-refractivity contribution in [3.8, 4) is 11.4 Å². The Morgan fingerprint density at radius 2 is 2.11 bits per heavy atom. The highest BCUT2D eigenvalue weighted by Gasteiger charge is 2.18. The van der Waals surface area contributed by atoms with E-state index in [0.717, 1.165) is 5.69 Å². The van der Waals surface area contributed by atoms with Gasteiger partial charge in [-0.2, -0.15) is 5.10 Å². The van der Waals surface area contributed by atoms with E-state index in [2.05, 4.69) is 5.10 Å². The van der Waals surface area contributed by atoms with E-state index in [0.29, 0.717) is 23.7 Å². The zero-order valence-corrected chi connectivity index (χ0v) is 11.2. The summed E-state index contributed by atoms with van der Waals surface area (Å²) in [6.07, 6.45) is 0. The maximum atomic E-state index is 11.9. The lowest BCUT2D eigenvalue weighted by Gasteiger charge is -2.10. The number of rotatable bonds is 4. The molecule has 0 unspecified atom stereocenters. The lowest BCUT2D eigenvalue weighted by atomic mass is 10.3. The average molecular weight is 260 g/mol. The molecule has 0 atom stereocenters. The molecule has 1 heterocycles. The SMILES string of the molecule is CCOC(=O)c1cc(C)nn1-c1ccccc1OC. The highest BCUT2D eigenvalue weighted by molar-refractivity contribution is 5.88. The van der Waals surface area contributed by atoms with Gasteiger partial charge in [0.05, 0.1) is 19.4 Å². The van der Waals surface area contributed by atoms with Gasteiger partial charge in [0.15, 0.2) is 5.69 Å². The summed E-state index contributed by atoms with van der Waals surface area (Å²) in [7, 11) is 1.58. The minimum atomic E-state index is -0.394. The first-order chi connectivity index (χ1) is 9.17. The molecule has 0 aliphatic carbocycles. The average Bonchev–Trinajstić information content (AvgIpc) is 2.81. The molecule has 0 aliphatic heterocycles. The highest BCUT2D eigenvalue weighted by atomic mass is 16.5. The second-order valence-electron chi connectivity index (χ2n) is 3.98. The Hall–Kier alpha value is -2.30. The molecule has 5 nitrogen and oxygen atoms in total. The normalized spacial score (nSPS) is 10.3. The number of ether oxygens (including phenoxy) is 2. The Morgan fingerprint density at radius 3 is 2.79 bits per heavy atom. The van der Waals surface area contributed by atoms with Crippen molar-refractivity contribution < 1.29 is 14.3 Å². The number of carbonyl (C=O) groups is 1. The number of esters is 1. The van der Waals surface area contributed by atoms with Crippen molar-refractivity contribution in [1.29, 1.82) is 0 Å². The first-order valence-corrected chi connectivity index (χ1v) is 6.04. The van der Waals surface area contributed by atoms with Crippen molar-refractivity contribution in [2.75, 3.05) is 13.7 Å². The van der Waals surface area contributed by atoms with Gasteiger partial charge >= 0.3 is 5.97 Å². The number of benzene rings is 1. The summed E-state index contributed by atoms with van der Waals surface area (Å²) < 4.78 is 11.9. The molecule has 0 saturated heterocycles. The van der Waals surface area contributed by atoms with Crippen molar-refractivity contribution >= 4 is 5.97 Å². The monoisotopic (exact) mass is 260 g/mol. The van der Waals surface area contributed by atoms with E-state index in [4.69, 9.17) is 9.47 Å². The van der Waals surface area contributed by atoms with Gasteiger partial charge < -0.3 is 9.47 Å². The van der Waals surface area contributed by atoms with Crippen molar-refractivity contribution in [2.45, 2.75) is 13.8 Å². The molecule has 1 aromatic heterocycles. The molecule has 0 radical (unpaired) electrons. The summed E-state index contributed by atoms with van der Waals surface area (Å²) in [4.78, 5) is 11.9. The largest absolute Gasteiger partial charge is 0.494 e. The summed E-state index contributed by atoms with van der Waals surface area (Å²) >= 11 is 0. The number of hydrogen-bond acceptors (Lipinski definition) is 4. The molecule has 0 N–H and O–H groups in total. The Kier molecular flexibility index (Phi) is 3.85. The lowest BCUT2D eigenvalue weighted by Crippen LogP contribution is -2.12. The molecule has 2 rings (SSSR count).